The summed E-state index contributed by atoms with van der Waals surface area (Å²) < 4.78 is 56.3. The number of halogens is 4. The summed E-state index contributed by atoms with van der Waals surface area (Å²) in [4.78, 5) is 2.53. The molecule has 0 saturated carbocycles. The Morgan fingerprint density at radius 1 is 1.45 bits per heavy atom. The molecule has 20 heavy (non-hydrogen) atoms. The fourth-order valence-corrected chi connectivity index (χ4v) is 2.09. The maximum atomic E-state index is 13.9. The Hall–Kier alpha value is -1.83. The van der Waals surface area contributed by atoms with Gasteiger partial charge in [0.05, 0.1) is 24.9 Å². The first-order valence-corrected chi connectivity index (χ1v) is 5.50. The maximum Gasteiger partial charge on any atom is 0.416 e. The smallest absolute Gasteiger partial charge is 0.390 e. The highest BCUT2D eigenvalue weighted by atomic mass is 19.4. The number of nitrogens with zero attached hydrogens (tertiary/aromatic N) is 3. The van der Waals surface area contributed by atoms with E-state index >= 15 is 0 Å². The van der Waals surface area contributed by atoms with Gasteiger partial charge in [0, 0.05) is 10.5 Å². The Balaban J connectivity index is 2.54. The maximum absolute atomic E-state index is 13.9. The van der Waals surface area contributed by atoms with E-state index in [2.05, 4.69) is 10.0 Å². The molecule has 1 heterocycles. The highest BCUT2D eigenvalue weighted by molar-refractivity contribution is 5.34. The van der Waals surface area contributed by atoms with Gasteiger partial charge in [-0.2, -0.15) is 13.2 Å². The third-order valence-electron chi connectivity index (χ3n) is 3.14. The van der Waals surface area contributed by atoms with Crippen LogP contribution in [0.2, 0.25) is 0 Å². The first-order chi connectivity index (χ1) is 9.31. The minimum absolute atomic E-state index is 0.195. The number of alkyl halides is 3. The van der Waals surface area contributed by atoms with Crippen LogP contribution < -0.4 is 0 Å². The van der Waals surface area contributed by atoms with Crippen molar-refractivity contribution in [3.8, 4) is 0 Å². The summed E-state index contributed by atoms with van der Waals surface area (Å²) in [5.74, 6) is -1.21. The van der Waals surface area contributed by atoms with Crippen molar-refractivity contribution in [3.05, 3.63) is 45.6 Å². The highest BCUT2D eigenvalue weighted by Crippen LogP contribution is 2.39. The Morgan fingerprint density at radius 2 is 2.15 bits per heavy atom. The van der Waals surface area contributed by atoms with Gasteiger partial charge in [0.2, 0.25) is 0 Å². The van der Waals surface area contributed by atoms with Crippen molar-refractivity contribution in [2.75, 3.05) is 13.2 Å². The van der Waals surface area contributed by atoms with E-state index in [-0.39, 0.29) is 18.8 Å². The van der Waals surface area contributed by atoms with Crippen LogP contribution >= 0.6 is 0 Å². The van der Waals surface area contributed by atoms with Gasteiger partial charge < -0.3 is 9.84 Å². The number of hydrogen-bond donors (Lipinski definition) is 1. The molecule has 0 aromatic heterocycles. The topological polar surface area (TPSA) is 78.2 Å². The van der Waals surface area contributed by atoms with Crippen LogP contribution in [0.3, 0.4) is 0 Å². The number of benzene rings is 1. The van der Waals surface area contributed by atoms with Crippen LogP contribution in [0.15, 0.2) is 23.3 Å². The van der Waals surface area contributed by atoms with Crippen molar-refractivity contribution in [3.63, 3.8) is 0 Å². The van der Waals surface area contributed by atoms with E-state index in [1.807, 2.05) is 0 Å². The molecule has 1 N–H and O–H groups in total. The summed E-state index contributed by atoms with van der Waals surface area (Å²) in [6.07, 6.45) is -6.01. The second-order valence-corrected chi connectivity index (χ2v) is 4.34. The van der Waals surface area contributed by atoms with Gasteiger partial charge >= 0.3 is 6.18 Å². The molecule has 2 rings (SSSR count). The molecule has 9 heteroatoms. The first kappa shape index (κ1) is 14.6. The average molecular weight is 291 g/mol. The van der Waals surface area contributed by atoms with Crippen LogP contribution in [-0.4, -0.2) is 24.4 Å². The molecule has 1 aromatic carbocycles. The Morgan fingerprint density at radius 3 is 2.60 bits per heavy atom. The van der Waals surface area contributed by atoms with Gasteiger partial charge in [-0.15, -0.1) is 0 Å². The normalized spacial score (nSPS) is 26.4. The van der Waals surface area contributed by atoms with Crippen molar-refractivity contribution in [1.82, 2.24) is 0 Å². The molecule has 1 aromatic rings. The van der Waals surface area contributed by atoms with Gasteiger partial charge in [0.15, 0.2) is 0 Å². The van der Waals surface area contributed by atoms with Crippen molar-refractivity contribution >= 4 is 0 Å². The SMILES string of the molecule is [N-]=[N+]=NC1(c2ccc(C(F)(F)F)cc2F)COCC1O. The molecule has 0 amide bonds. The lowest BCUT2D eigenvalue weighted by molar-refractivity contribution is -0.137. The number of aliphatic hydroxyl groups is 1. The molecular formula is C11H9F4N3O2. The van der Waals surface area contributed by atoms with Crippen molar-refractivity contribution in [2.45, 2.75) is 17.8 Å². The van der Waals surface area contributed by atoms with E-state index in [0.29, 0.717) is 12.1 Å². The molecule has 1 fully saturated rings. The fourth-order valence-electron chi connectivity index (χ4n) is 2.09. The molecule has 0 bridgehead atoms. The van der Waals surface area contributed by atoms with Gasteiger partial charge in [-0.3, -0.25) is 0 Å². The molecule has 1 aliphatic heterocycles. The van der Waals surface area contributed by atoms with Crippen molar-refractivity contribution in [1.29, 1.82) is 0 Å². The molecule has 2 unspecified atom stereocenters. The summed E-state index contributed by atoms with van der Waals surface area (Å²) in [5, 5.41) is 13.1. The summed E-state index contributed by atoms with van der Waals surface area (Å²) in [7, 11) is 0. The standard InChI is InChI=1S/C11H9F4N3O2/c12-8-3-6(11(13,14)15)1-2-7(8)10(17-18-16)5-20-4-9(10)19/h1-3,9,19H,4-5H2. The lowest BCUT2D eigenvalue weighted by Crippen LogP contribution is -2.37. The zero-order chi connectivity index (χ0) is 15.0. The Kier molecular flexibility index (Phi) is 3.59. The molecule has 1 aliphatic rings. The lowest BCUT2D eigenvalue weighted by Gasteiger charge is -2.26. The monoisotopic (exact) mass is 291 g/mol. The molecule has 0 radical (unpaired) electrons. The van der Waals surface area contributed by atoms with Crippen LogP contribution in [-0.2, 0) is 16.5 Å². The summed E-state index contributed by atoms with van der Waals surface area (Å²) in [5.41, 5.74) is 5.30. The number of ether oxygens (including phenoxy) is 1. The van der Waals surface area contributed by atoms with Gasteiger partial charge in [0.1, 0.15) is 11.4 Å². The quantitative estimate of drug-likeness (QED) is 0.393. The van der Waals surface area contributed by atoms with Crippen LogP contribution in [0.5, 0.6) is 0 Å². The van der Waals surface area contributed by atoms with E-state index in [1.165, 1.54) is 0 Å². The summed E-state index contributed by atoms with van der Waals surface area (Å²) in [6.45, 7) is -0.500. The Bertz CT molecular complexity index is 571. The van der Waals surface area contributed by atoms with E-state index < -0.39 is 29.2 Å². The minimum Gasteiger partial charge on any atom is -0.390 e. The fraction of sp³-hybridized carbons (Fsp3) is 0.455. The average Bonchev–Trinajstić information content (AvgIpc) is 2.71. The highest BCUT2D eigenvalue weighted by Gasteiger charge is 2.46. The van der Waals surface area contributed by atoms with E-state index in [1.54, 1.807) is 0 Å². The van der Waals surface area contributed by atoms with E-state index in [4.69, 9.17) is 10.3 Å². The molecule has 2 atom stereocenters. The zero-order valence-corrected chi connectivity index (χ0v) is 9.93. The second kappa shape index (κ2) is 4.93. The van der Waals surface area contributed by atoms with E-state index in [9.17, 15) is 22.7 Å². The molecule has 0 aliphatic carbocycles. The van der Waals surface area contributed by atoms with Crippen LogP contribution in [0.4, 0.5) is 17.6 Å². The zero-order valence-electron chi connectivity index (χ0n) is 9.93. The predicted molar refractivity (Wildman–Crippen MR) is 59.1 cm³/mol. The molecule has 5 nitrogen and oxygen atoms in total. The molecule has 108 valence electrons. The van der Waals surface area contributed by atoms with Gasteiger partial charge in [-0.1, -0.05) is 11.2 Å². The van der Waals surface area contributed by atoms with Crippen LogP contribution in [0, 0.1) is 5.82 Å². The largest absolute Gasteiger partial charge is 0.416 e. The molecular weight excluding hydrogens is 282 g/mol. The van der Waals surface area contributed by atoms with Crippen LogP contribution in [0.1, 0.15) is 11.1 Å². The van der Waals surface area contributed by atoms with Crippen molar-refractivity contribution < 1.29 is 27.4 Å². The number of azide groups is 1. The predicted octanol–water partition coefficient (Wildman–Crippen LogP) is 2.74. The third kappa shape index (κ3) is 2.31. The van der Waals surface area contributed by atoms with Crippen molar-refractivity contribution in [2.24, 2.45) is 5.11 Å². The summed E-state index contributed by atoms with van der Waals surface area (Å²) in [6, 6.07) is 1.82. The van der Waals surface area contributed by atoms with Gasteiger partial charge in [-0.25, -0.2) is 4.39 Å². The minimum atomic E-state index is -4.68. The molecule has 1 saturated heterocycles. The number of hydrogen-bond acceptors (Lipinski definition) is 3. The number of rotatable bonds is 2. The van der Waals surface area contributed by atoms with E-state index in [0.717, 1.165) is 6.07 Å². The Labute approximate surface area is 110 Å². The van der Waals surface area contributed by atoms with Gasteiger partial charge in [-0.05, 0) is 17.7 Å². The first-order valence-electron chi connectivity index (χ1n) is 5.50. The third-order valence-corrected chi connectivity index (χ3v) is 3.14. The molecule has 0 spiro atoms. The van der Waals surface area contributed by atoms with Crippen LogP contribution in [0.25, 0.3) is 10.4 Å². The number of aliphatic hydroxyl groups excluding tert-OH is 1. The summed E-state index contributed by atoms with van der Waals surface area (Å²) >= 11 is 0. The van der Waals surface area contributed by atoms with Gasteiger partial charge in [0.25, 0.3) is 0 Å². The lowest BCUT2D eigenvalue weighted by atomic mass is 9.87. The second-order valence-electron chi connectivity index (χ2n) is 4.34.